The number of ketones is 2. The van der Waals surface area contributed by atoms with E-state index in [4.69, 9.17) is 24.2 Å². The quantitative estimate of drug-likeness (QED) is 0.218. The molecule has 2 rings (SSSR count). The average molecular weight is 475 g/mol. The van der Waals surface area contributed by atoms with Crippen LogP contribution < -0.4 is 18.9 Å². The van der Waals surface area contributed by atoms with Crippen molar-refractivity contribution in [3.63, 3.8) is 0 Å². The van der Waals surface area contributed by atoms with Gasteiger partial charge in [-0.05, 0) is 36.4 Å². The molecule has 0 radical (unpaired) electrons. The third kappa shape index (κ3) is 6.67. The van der Waals surface area contributed by atoms with Crippen molar-refractivity contribution in [2.75, 3.05) is 39.9 Å². The third-order valence-electron chi connectivity index (χ3n) is 4.21. The van der Waals surface area contributed by atoms with E-state index in [9.17, 15) is 9.59 Å². The van der Waals surface area contributed by atoms with E-state index in [2.05, 4.69) is 4.99 Å². The van der Waals surface area contributed by atoms with Crippen LogP contribution in [0.5, 0.6) is 23.0 Å². The van der Waals surface area contributed by atoms with Crippen LogP contribution >= 0.6 is 23.5 Å². The third-order valence-corrected chi connectivity index (χ3v) is 6.40. The Morgan fingerprint density at radius 1 is 0.781 bits per heavy atom. The number of nitriles is 1. The zero-order chi connectivity index (χ0) is 23.5. The SMILES string of the molecule is COc1ccc(C(=O)CSC(=NC#N)SCC(=O)c2ccc(OC)c(OC)c2)cc1OC. The maximum absolute atomic E-state index is 12.6. The van der Waals surface area contributed by atoms with Crippen LogP contribution in [-0.4, -0.2) is 55.9 Å². The van der Waals surface area contributed by atoms with Crippen LogP contribution in [0.1, 0.15) is 20.7 Å². The molecule has 0 amide bonds. The number of hydrogen-bond donors (Lipinski definition) is 0. The Labute approximate surface area is 194 Å². The Balaban J connectivity index is 2.00. The van der Waals surface area contributed by atoms with Gasteiger partial charge < -0.3 is 18.9 Å². The molecule has 10 heteroatoms. The molecule has 2 aromatic rings. The summed E-state index contributed by atoms with van der Waals surface area (Å²) in [6.45, 7) is 0. The predicted octanol–water partition coefficient (Wildman–Crippen LogP) is 4.09. The summed E-state index contributed by atoms with van der Waals surface area (Å²) in [6.07, 6.45) is 1.71. The highest BCUT2D eigenvalue weighted by atomic mass is 32.2. The van der Waals surface area contributed by atoms with Crippen LogP contribution in [0.15, 0.2) is 41.4 Å². The Morgan fingerprint density at radius 3 is 1.53 bits per heavy atom. The highest BCUT2D eigenvalue weighted by Crippen LogP contribution is 2.30. The molecule has 0 aliphatic rings. The van der Waals surface area contributed by atoms with Crippen LogP contribution in [0.3, 0.4) is 0 Å². The standard InChI is InChI=1S/C22H22N2O6S2/c1-27-18-7-5-14(9-20(18)29-3)16(25)11-31-22(24-13-23)32-12-17(26)15-6-8-19(28-2)21(10-15)30-4/h5-10H,11-12H2,1-4H3. The topological polar surface area (TPSA) is 107 Å². The minimum atomic E-state index is -0.173. The van der Waals surface area contributed by atoms with Crippen LogP contribution in [0.2, 0.25) is 0 Å². The summed E-state index contributed by atoms with van der Waals surface area (Å²) in [7, 11) is 6.01. The van der Waals surface area contributed by atoms with Gasteiger partial charge in [0, 0.05) is 11.1 Å². The van der Waals surface area contributed by atoms with Gasteiger partial charge in [0.25, 0.3) is 0 Å². The molecule has 0 atom stereocenters. The van der Waals surface area contributed by atoms with Crippen molar-refractivity contribution < 1.29 is 28.5 Å². The number of aliphatic imine (C=N–C) groups is 1. The Kier molecular flexibility index (Phi) is 9.91. The highest BCUT2D eigenvalue weighted by molar-refractivity contribution is 8.39. The second kappa shape index (κ2) is 12.6. The molecule has 0 heterocycles. The molecule has 0 aliphatic heterocycles. The number of rotatable bonds is 10. The molecule has 32 heavy (non-hydrogen) atoms. The summed E-state index contributed by atoms with van der Waals surface area (Å²) in [4.78, 5) is 28.8. The van der Waals surface area contributed by atoms with Gasteiger partial charge in [-0.3, -0.25) is 9.59 Å². The second-order valence-corrected chi connectivity index (χ2v) is 8.23. The summed E-state index contributed by atoms with van der Waals surface area (Å²) in [5.74, 6) is 1.69. The molecular formula is C22H22N2O6S2. The number of thioether (sulfide) groups is 2. The number of methoxy groups -OCH3 is 4. The lowest BCUT2D eigenvalue weighted by atomic mass is 10.1. The normalized spacial score (nSPS) is 9.97. The highest BCUT2D eigenvalue weighted by Gasteiger charge is 2.16. The molecule has 0 fully saturated rings. The van der Waals surface area contributed by atoms with Gasteiger partial charge in [-0.15, -0.1) is 0 Å². The zero-order valence-corrected chi connectivity index (χ0v) is 19.7. The number of carbonyl (C=O) groups excluding carboxylic acids is 2. The van der Waals surface area contributed by atoms with E-state index in [-0.39, 0.29) is 23.1 Å². The minimum Gasteiger partial charge on any atom is -0.493 e. The summed E-state index contributed by atoms with van der Waals surface area (Å²) in [5.41, 5.74) is 0.885. The van der Waals surface area contributed by atoms with Crippen LogP contribution in [0, 0.1) is 11.5 Å². The Hall–Kier alpha value is -3.16. The lowest BCUT2D eigenvalue weighted by molar-refractivity contribution is 0.101. The molecule has 0 N–H and O–H groups in total. The van der Waals surface area contributed by atoms with Crippen LogP contribution in [-0.2, 0) is 0 Å². The Morgan fingerprint density at radius 2 is 1.19 bits per heavy atom. The second-order valence-electron chi connectivity index (χ2n) is 6.04. The van der Waals surface area contributed by atoms with Gasteiger partial charge in [0.05, 0.1) is 39.9 Å². The lowest BCUT2D eigenvalue weighted by Gasteiger charge is -2.10. The fourth-order valence-corrected chi connectivity index (χ4v) is 4.33. The molecule has 0 spiro atoms. The molecule has 8 nitrogen and oxygen atoms in total. The Bertz CT molecular complexity index is 976. The molecule has 2 aromatic carbocycles. The molecule has 0 unspecified atom stereocenters. The van der Waals surface area contributed by atoms with E-state index in [0.29, 0.717) is 38.5 Å². The van der Waals surface area contributed by atoms with Crippen molar-refractivity contribution in [2.45, 2.75) is 0 Å². The molecule has 168 valence electrons. The lowest BCUT2D eigenvalue weighted by Crippen LogP contribution is -2.08. The summed E-state index contributed by atoms with van der Waals surface area (Å²) >= 11 is 2.19. The van der Waals surface area contributed by atoms with Crippen molar-refractivity contribution in [1.82, 2.24) is 0 Å². The first-order valence-corrected chi connectivity index (χ1v) is 11.2. The van der Waals surface area contributed by atoms with Gasteiger partial charge >= 0.3 is 0 Å². The van der Waals surface area contributed by atoms with E-state index in [1.165, 1.54) is 28.4 Å². The maximum Gasteiger partial charge on any atom is 0.207 e. The number of benzene rings is 2. The van der Waals surface area contributed by atoms with E-state index in [0.717, 1.165) is 23.5 Å². The molecule has 0 aromatic heterocycles. The molecule has 0 aliphatic carbocycles. The number of nitrogens with zero attached hydrogens (tertiary/aromatic N) is 2. The van der Waals surface area contributed by atoms with Gasteiger partial charge in [0.1, 0.15) is 4.38 Å². The first kappa shape index (κ1) is 25.1. The number of Topliss-reactive ketones (excluding diaryl/α,β-unsaturated/α-hetero) is 2. The first-order valence-electron chi connectivity index (χ1n) is 9.20. The minimum absolute atomic E-state index is 0.0492. The fraction of sp³-hybridized carbons (Fsp3) is 0.273. The van der Waals surface area contributed by atoms with Crippen molar-refractivity contribution in [2.24, 2.45) is 4.99 Å². The van der Waals surface area contributed by atoms with Crippen LogP contribution in [0.25, 0.3) is 0 Å². The summed E-state index contributed by atoms with van der Waals surface area (Å²) in [6, 6.07) is 9.76. The van der Waals surface area contributed by atoms with Gasteiger partial charge in [0.15, 0.2) is 34.6 Å². The van der Waals surface area contributed by atoms with Crippen molar-refractivity contribution in [3.05, 3.63) is 47.5 Å². The van der Waals surface area contributed by atoms with Crippen LogP contribution in [0.4, 0.5) is 0 Å². The van der Waals surface area contributed by atoms with E-state index in [1.54, 1.807) is 42.6 Å². The number of ether oxygens (including phenoxy) is 4. The largest absolute Gasteiger partial charge is 0.493 e. The fourth-order valence-electron chi connectivity index (χ4n) is 2.59. The number of carbonyl (C=O) groups is 2. The van der Waals surface area contributed by atoms with Gasteiger partial charge in [-0.25, -0.2) is 0 Å². The van der Waals surface area contributed by atoms with Gasteiger partial charge in [0.2, 0.25) is 6.19 Å². The maximum atomic E-state index is 12.6. The zero-order valence-electron chi connectivity index (χ0n) is 18.0. The van der Waals surface area contributed by atoms with Crippen molar-refractivity contribution in [3.8, 4) is 29.2 Å². The average Bonchev–Trinajstić information content (AvgIpc) is 2.84. The van der Waals surface area contributed by atoms with E-state index >= 15 is 0 Å². The van der Waals surface area contributed by atoms with Crippen molar-refractivity contribution >= 4 is 39.5 Å². The number of hydrogen-bond acceptors (Lipinski definition) is 10. The monoisotopic (exact) mass is 474 g/mol. The van der Waals surface area contributed by atoms with Gasteiger partial charge in [-0.1, -0.05) is 23.5 Å². The smallest absolute Gasteiger partial charge is 0.207 e. The molecule has 0 saturated heterocycles. The predicted molar refractivity (Wildman–Crippen MR) is 126 cm³/mol. The summed E-state index contributed by atoms with van der Waals surface area (Å²) < 4.78 is 21.1. The first-order chi connectivity index (χ1) is 15.5. The molecule has 0 saturated carbocycles. The molecular weight excluding hydrogens is 452 g/mol. The van der Waals surface area contributed by atoms with Crippen molar-refractivity contribution in [1.29, 1.82) is 5.26 Å². The summed E-state index contributed by atoms with van der Waals surface area (Å²) in [5, 5.41) is 8.96. The molecule has 0 bridgehead atoms. The van der Waals surface area contributed by atoms with E-state index < -0.39 is 0 Å². The van der Waals surface area contributed by atoms with Gasteiger partial charge in [-0.2, -0.15) is 10.3 Å². The van der Waals surface area contributed by atoms with E-state index in [1.807, 2.05) is 0 Å².